The van der Waals surface area contributed by atoms with Crippen molar-refractivity contribution in [2.75, 3.05) is 13.1 Å². The molecule has 12 nitrogen and oxygen atoms in total. The number of rotatable bonds is 6. The zero-order chi connectivity index (χ0) is 34.2. The number of likely N-dealkylation sites (tertiary alicyclic amines) is 1. The second-order valence-corrected chi connectivity index (χ2v) is 11.6. The number of ether oxygens (including phenoxy) is 1. The van der Waals surface area contributed by atoms with Gasteiger partial charge in [-0.15, -0.1) is 0 Å². The van der Waals surface area contributed by atoms with Gasteiger partial charge in [0.05, 0.1) is 17.5 Å². The van der Waals surface area contributed by atoms with Gasteiger partial charge in [-0.1, -0.05) is 18.2 Å². The van der Waals surface area contributed by atoms with Gasteiger partial charge in [0.15, 0.2) is 0 Å². The molecule has 1 aliphatic rings. The van der Waals surface area contributed by atoms with Crippen LogP contribution in [0, 0.1) is 12.8 Å². The van der Waals surface area contributed by atoms with Gasteiger partial charge >= 0.3 is 18.2 Å². The van der Waals surface area contributed by atoms with Crippen molar-refractivity contribution in [3.05, 3.63) is 71.4 Å². The van der Waals surface area contributed by atoms with Crippen LogP contribution in [0.25, 0.3) is 10.9 Å². The quantitative estimate of drug-likeness (QED) is 0.196. The molecule has 0 saturated carbocycles. The van der Waals surface area contributed by atoms with Gasteiger partial charge in [0.2, 0.25) is 5.91 Å². The van der Waals surface area contributed by atoms with E-state index in [1.165, 1.54) is 0 Å². The third kappa shape index (κ3) is 10.1. The van der Waals surface area contributed by atoms with E-state index in [0.717, 1.165) is 22.2 Å². The van der Waals surface area contributed by atoms with Crippen molar-refractivity contribution in [2.45, 2.75) is 58.5 Å². The fraction of sp³-hybridized carbons (Fsp3) is 0.387. The van der Waals surface area contributed by atoms with Crippen molar-refractivity contribution in [3.63, 3.8) is 0 Å². The van der Waals surface area contributed by atoms with E-state index in [-0.39, 0.29) is 12.6 Å². The van der Waals surface area contributed by atoms with E-state index >= 15 is 0 Å². The molecule has 0 spiro atoms. The molecule has 1 fully saturated rings. The SMILES string of the molecule is Cc1cc(COc2ccc(C(=O)N[C@@H]3CN(C(=O)NC(C)(C)C)CC[C@@H]3C(=O)NO)cc2)c2ccccc2n1.O=C(O)C(F)(F)F. The Labute approximate surface area is 262 Å². The Kier molecular flexibility index (Phi) is 11.5. The number of hydroxylamine groups is 1. The van der Waals surface area contributed by atoms with E-state index in [2.05, 4.69) is 15.6 Å². The summed E-state index contributed by atoms with van der Waals surface area (Å²) in [5.74, 6) is -3.83. The topological polar surface area (TPSA) is 170 Å². The van der Waals surface area contributed by atoms with E-state index in [1.54, 1.807) is 34.6 Å². The van der Waals surface area contributed by atoms with Gasteiger partial charge < -0.3 is 25.4 Å². The number of pyridine rings is 1. The number of fused-ring (bicyclic) bond motifs is 1. The summed E-state index contributed by atoms with van der Waals surface area (Å²) in [6, 6.07) is 15.7. The van der Waals surface area contributed by atoms with Crippen LogP contribution < -0.4 is 20.9 Å². The first-order valence-corrected chi connectivity index (χ1v) is 14.2. The Balaban J connectivity index is 0.000000738. The van der Waals surface area contributed by atoms with Crippen LogP contribution in [0.2, 0.25) is 0 Å². The van der Waals surface area contributed by atoms with Crippen molar-refractivity contribution in [3.8, 4) is 5.75 Å². The van der Waals surface area contributed by atoms with E-state index < -0.39 is 41.5 Å². The van der Waals surface area contributed by atoms with Gasteiger partial charge in [0, 0.05) is 40.8 Å². The second kappa shape index (κ2) is 14.9. The van der Waals surface area contributed by atoms with Crippen molar-refractivity contribution in [1.29, 1.82) is 0 Å². The van der Waals surface area contributed by atoms with Crippen molar-refractivity contribution in [2.24, 2.45) is 5.92 Å². The summed E-state index contributed by atoms with van der Waals surface area (Å²) in [6.07, 6.45) is -4.79. The fourth-order valence-corrected chi connectivity index (χ4v) is 4.71. The Morgan fingerprint density at radius 2 is 1.67 bits per heavy atom. The maximum absolute atomic E-state index is 13.1. The molecule has 248 valence electrons. The van der Waals surface area contributed by atoms with Crippen LogP contribution in [0.5, 0.6) is 5.75 Å². The van der Waals surface area contributed by atoms with E-state index in [1.807, 2.05) is 58.0 Å². The molecule has 0 unspecified atom stereocenters. The number of urea groups is 1. The number of halogens is 3. The lowest BCUT2D eigenvalue weighted by atomic mass is 9.90. The van der Waals surface area contributed by atoms with Crippen LogP contribution in [0.1, 0.15) is 48.8 Å². The number of aromatic nitrogens is 1. The maximum Gasteiger partial charge on any atom is 0.490 e. The first-order valence-electron chi connectivity index (χ1n) is 14.2. The molecular formula is C31H36F3N5O7. The lowest BCUT2D eigenvalue weighted by Crippen LogP contribution is -2.60. The average Bonchev–Trinajstić information content (AvgIpc) is 2.98. The molecule has 4 rings (SSSR count). The molecule has 4 amide bonds. The first kappa shape index (κ1) is 35.6. The minimum Gasteiger partial charge on any atom is -0.489 e. The number of carboxylic acids is 1. The minimum atomic E-state index is -5.08. The second-order valence-electron chi connectivity index (χ2n) is 11.6. The molecule has 15 heteroatoms. The van der Waals surface area contributed by atoms with E-state index in [4.69, 9.17) is 14.6 Å². The molecule has 0 radical (unpaired) electrons. The first-order chi connectivity index (χ1) is 21.5. The highest BCUT2D eigenvalue weighted by Crippen LogP contribution is 2.23. The Hall–Kier alpha value is -4.92. The lowest BCUT2D eigenvalue weighted by molar-refractivity contribution is -0.192. The number of carbonyl (C=O) groups excluding carboxylic acids is 3. The number of hydrogen-bond donors (Lipinski definition) is 5. The summed E-state index contributed by atoms with van der Waals surface area (Å²) in [6.45, 7) is 8.39. The standard InChI is InChI=1S/C29H35N5O5.C2HF3O2/c1-18-15-20(22-7-5-6-8-24(22)30-18)17-39-21-11-9-19(10-12-21)26(35)31-25-16-34(28(37)32-29(2,3)4)14-13-23(25)27(36)33-38;3-2(4,5)1(6)7/h5-12,15,23,25,38H,13-14,16-17H2,1-4H3,(H,31,35)(H,32,37)(H,33,36);(H,6,7)/t23-,25+;/m0./s1. The van der Waals surface area contributed by atoms with Crippen molar-refractivity contribution < 1.29 is 47.4 Å². The molecule has 2 atom stereocenters. The molecule has 2 aromatic carbocycles. The summed E-state index contributed by atoms with van der Waals surface area (Å²) < 4.78 is 37.7. The smallest absolute Gasteiger partial charge is 0.489 e. The fourth-order valence-electron chi connectivity index (χ4n) is 4.71. The molecule has 0 aliphatic carbocycles. The highest BCUT2D eigenvalue weighted by Gasteiger charge is 2.38. The summed E-state index contributed by atoms with van der Waals surface area (Å²) in [4.78, 5) is 53.1. The normalized spacial score (nSPS) is 16.5. The van der Waals surface area contributed by atoms with Crippen LogP contribution >= 0.6 is 0 Å². The summed E-state index contributed by atoms with van der Waals surface area (Å²) in [7, 11) is 0. The third-order valence-electron chi connectivity index (χ3n) is 6.83. The largest absolute Gasteiger partial charge is 0.490 e. The average molecular weight is 648 g/mol. The number of alkyl halides is 3. The number of nitrogens with one attached hydrogen (secondary N) is 3. The van der Waals surface area contributed by atoms with Crippen LogP contribution in [-0.4, -0.2) is 74.9 Å². The number of nitrogens with zero attached hydrogens (tertiary/aromatic N) is 2. The molecule has 1 saturated heterocycles. The minimum absolute atomic E-state index is 0.131. The number of amides is 4. The number of piperidine rings is 1. The molecule has 3 aromatic rings. The monoisotopic (exact) mass is 647 g/mol. The predicted octanol–water partition coefficient (Wildman–Crippen LogP) is 4.19. The van der Waals surface area contributed by atoms with E-state index in [0.29, 0.717) is 30.9 Å². The van der Waals surface area contributed by atoms with Crippen molar-refractivity contribution in [1.82, 2.24) is 26.0 Å². The zero-order valence-corrected chi connectivity index (χ0v) is 25.6. The van der Waals surface area contributed by atoms with Gasteiger partial charge in [-0.25, -0.2) is 15.1 Å². The van der Waals surface area contributed by atoms with Crippen LogP contribution in [0.15, 0.2) is 54.6 Å². The highest BCUT2D eigenvalue weighted by molar-refractivity contribution is 5.95. The number of benzene rings is 2. The lowest BCUT2D eigenvalue weighted by Gasteiger charge is -2.39. The van der Waals surface area contributed by atoms with Crippen molar-refractivity contribution >= 4 is 34.7 Å². The molecular weight excluding hydrogens is 611 g/mol. The third-order valence-corrected chi connectivity index (χ3v) is 6.83. The molecule has 5 N–H and O–H groups in total. The number of aliphatic carboxylic acids is 1. The molecule has 0 bridgehead atoms. The number of carboxylic acid groups (broad SMARTS) is 1. The van der Waals surface area contributed by atoms with Gasteiger partial charge in [0.25, 0.3) is 5.91 Å². The Morgan fingerprint density at radius 3 is 2.26 bits per heavy atom. The summed E-state index contributed by atoms with van der Waals surface area (Å²) in [5, 5.41) is 23.1. The Morgan fingerprint density at radius 1 is 1.04 bits per heavy atom. The maximum atomic E-state index is 13.1. The Bertz CT molecular complexity index is 1560. The summed E-state index contributed by atoms with van der Waals surface area (Å²) >= 11 is 0. The van der Waals surface area contributed by atoms with Gasteiger partial charge in [-0.3, -0.25) is 19.8 Å². The van der Waals surface area contributed by atoms with Gasteiger partial charge in [-0.05, 0) is 70.5 Å². The number of carbonyl (C=O) groups is 4. The summed E-state index contributed by atoms with van der Waals surface area (Å²) in [5.41, 5.74) is 4.47. The van der Waals surface area contributed by atoms with Gasteiger partial charge in [0.1, 0.15) is 12.4 Å². The highest BCUT2D eigenvalue weighted by atomic mass is 19.4. The van der Waals surface area contributed by atoms with E-state index in [9.17, 15) is 32.8 Å². The molecule has 1 aromatic heterocycles. The molecule has 46 heavy (non-hydrogen) atoms. The number of hydrogen-bond acceptors (Lipinski definition) is 7. The van der Waals surface area contributed by atoms with Crippen LogP contribution in [0.3, 0.4) is 0 Å². The number of para-hydroxylation sites is 1. The van der Waals surface area contributed by atoms with Crippen LogP contribution in [-0.2, 0) is 16.2 Å². The zero-order valence-electron chi connectivity index (χ0n) is 25.6. The molecule has 2 heterocycles. The van der Waals surface area contributed by atoms with Crippen LogP contribution in [0.4, 0.5) is 18.0 Å². The molecule has 1 aliphatic heterocycles. The predicted molar refractivity (Wildman–Crippen MR) is 160 cm³/mol. The number of aryl methyl sites for hydroxylation is 1. The van der Waals surface area contributed by atoms with Gasteiger partial charge in [-0.2, -0.15) is 13.2 Å².